The van der Waals surface area contributed by atoms with Crippen molar-refractivity contribution in [2.45, 2.75) is 19.9 Å². The first-order valence-corrected chi connectivity index (χ1v) is 4.20. The third kappa shape index (κ3) is 2.32. The standard InChI is InChI=1S/C9H14N2O2/c1-6(5-10)11-9(12)8-3-4-13-7(8)2/h3-4,6H,5,10H2,1-2H3,(H,11,12). The first kappa shape index (κ1) is 9.80. The van der Waals surface area contributed by atoms with Crippen LogP contribution >= 0.6 is 0 Å². The molecule has 0 fully saturated rings. The average molecular weight is 182 g/mol. The number of carbonyl (C=O) groups excluding carboxylic acids is 1. The summed E-state index contributed by atoms with van der Waals surface area (Å²) in [5.74, 6) is 0.492. The monoisotopic (exact) mass is 182 g/mol. The van der Waals surface area contributed by atoms with Crippen LogP contribution in [0.15, 0.2) is 16.7 Å². The number of hydrogen-bond donors (Lipinski definition) is 2. The largest absolute Gasteiger partial charge is 0.469 e. The molecule has 0 aliphatic carbocycles. The van der Waals surface area contributed by atoms with E-state index in [4.69, 9.17) is 10.2 Å². The van der Waals surface area contributed by atoms with Gasteiger partial charge in [0, 0.05) is 12.6 Å². The van der Waals surface area contributed by atoms with Crippen LogP contribution < -0.4 is 11.1 Å². The summed E-state index contributed by atoms with van der Waals surface area (Å²) in [6.45, 7) is 4.04. The van der Waals surface area contributed by atoms with Gasteiger partial charge in [-0.15, -0.1) is 0 Å². The molecule has 4 heteroatoms. The van der Waals surface area contributed by atoms with Crippen LogP contribution in [0.2, 0.25) is 0 Å². The zero-order valence-corrected chi connectivity index (χ0v) is 7.83. The van der Waals surface area contributed by atoms with Crippen molar-refractivity contribution in [2.24, 2.45) is 5.73 Å². The van der Waals surface area contributed by atoms with Gasteiger partial charge in [0.05, 0.1) is 11.8 Å². The Bertz CT molecular complexity index is 294. The predicted octanol–water partition coefficient (Wildman–Crippen LogP) is 0.665. The average Bonchev–Trinajstić information content (AvgIpc) is 2.51. The van der Waals surface area contributed by atoms with Crippen molar-refractivity contribution >= 4 is 5.91 Å². The number of amides is 1. The summed E-state index contributed by atoms with van der Waals surface area (Å²) in [4.78, 5) is 11.5. The molecule has 1 amide bonds. The fraction of sp³-hybridized carbons (Fsp3) is 0.444. The molecule has 1 aromatic rings. The molecule has 1 aromatic heterocycles. The van der Waals surface area contributed by atoms with E-state index < -0.39 is 0 Å². The van der Waals surface area contributed by atoms with Crippen molar-refractivity contribution in [2.75, 3.05) is 6.54 Å². The van der Waals surface area contributed by atoms with E-state index in [0.29, 0.717) is 17.9 Å². The number of nitrogens with one attached hydrogen (secondary N) is 1. The van der Waals surface area contributed by atoms with Gasteiger partial charge in [-0.3, -0.25) is 4.79 Å². The Morgan fingerprint density at radius 3 is 2.92 bits per heavy atom. The van der Waals surface area contributed by atoms with Crippen molar-refractivity contribution in [1.82, 2.24) is 5.32 Å². The molecule has 0 saturated carbocycles. The number of hydrogen-bond acceptors (Lipinski definition) is 3. The molecule has 0 aromatic carbocycles. The number of nitrogens with two attached hydrogens (primary N) is 1. The second-order valence-electron chi connectivity index (χ2n) is 3.00. The van der Waals surface area contributed by atoms with Crippen molar-refractivity contribution in [1.29, 1.82) is 0 Å². The fourth-order valence-electron chi connectivity index (χ4n) is 0.981. The zero-order valence-electron chi connectivity index (χ0n) is 7.83. The minimum atomic E-state index is -0.135. The molecule has 1 rings (SSSR count). The maximum Gasteiger partial charge on any atom is 0.255 e. The second kappa shape index (κ2) is 4.09. The third-order valence-corrected chi connectivity index (χ3v) is 1.83. The number of furan rings is 1. The summed E-state index contributed by atoms with van der Waals surface area (Å²) in [6, 6.07) is 1.63. The Kier molecular flexibility index (Phi) is 3.08. The molecule has 0 aliphatic heterocycles. The number of carbonyl (C=O) groups is 1. The third-order valence-electron chi connectivity index (χ3n) is 1.83. The Balaban J connectivity index is 2.64. The van der Waals surface area contributed by atoms with Gasteiger partial charge in [-0.1, -0.05) is 0 Å². The quantitative estimate of drug-likeness (QED) is 0.721. The summed E-state index contributed by atoms with van der Waals surface area (Å²) >= 11 is 0. The maximum absolute atomic E-state index is 11.5. The van der Waals surface area contributed by atoms with Gasteiger partial charge in [-0.2, -0.15) is 0 Å². The molecule has 0 bridgehead atoms. The van der Waals surface area contributed by atoms with Crippen LogP contribution in [0.4, 0.5) is 0 Å². The topological polar surface area (TPSA) is 68.3 Å². The Labute approximate surface area is 77.1 Å². The van der Waals surface area contributed by atoms with E-state index in [2.05, 4.69) is 5.32 Å². The fourth-order valence-corrected chi connectivity index (χ4v) is 0.981. The summed E-state index contributed by atoms with van der Waals surface area (Å²) < 4.78 is 5.01. The van der Waals surface area contributed by atoms with Gasteiger partial charge in [-0.05, 0) is 19.9 Å². The highest BCUT2D eigenvalue weighted by atomic mass is 16.3. The van der Waals surface area contributed by atoms with Crippen molar-refractivity contribution in [3.8, 4) is 0 Å². The Morgan fingerprint density at radius 2 is 2.46 bits per heavy atom. The number of aryl methyl sites for hydroxylation is 1. The first-order chi connectivity index (χ1) is 6.15. The zero-order chi connectivity index (χ0) is 9.84. The van der Waals surface area contributed by atoms with Crippen molar-refractivity contribution in [3.63, 3.8) is 0 Å². The van der Waals surface area contributed by atoms with Crippen LogP contribution in [0.1, 0.15) is 23.0 Å². The van der Waals surface area contributed by atoms with Crippen molar-refractivity contribution in [3.05, 3.63) is 23.7 Å². The summed E-state index contributed by atoms with van der Waals surface area (Å²) in [5.41, 5.74) is 5.94. The molecule has 3 N–H and O–H groups in total. The van der Waals surface area contributed by atoms with Crippen LogP contribution in [-0.4, -0.2) is 18.5 Å². The van der Waals surface area contributed by atoms with E-state index in [1.807, 2.05) is 6.92 Å². The highest BCUT2D eigenvalue weighted by molar-refractivity contribution is 5.95. The second-order valence-corrected chi connectivity index (χ2v) is 3.00. The SMILES string of the molecule is Cc1occc1C(=O)NC(C)CN. The maximum atomic E-state index is 11.5. The van der Waals surface area contributed by atoms with Crippen LogP contribution in [0.5, 0.6) is 0 Å². The smallest absolute Gasteiger partial charge is 0.255 e. The molecule has 72 valence electrons. The van der Waals surface area contributed by atoms with E-state index in [0.717, 1.165) is 0 Å². The molecule has 0 spiro atoms. The van der Waals surface area contributed by atoms with E-state index in [1.165, 1.54) is 6.26 Å². The van der Waals surface area contributed by atoms with Crippen molar-refractivity contribution < 1.29 is 9.21 Å². The van der Waals surface area contributed by atoms with E-state index in [9.17, 15) is 4.79 Å². The molecular formula is C9H14N2O2. The van der Waals surface area contributed by atoms with Gasteiger partial charge in [0.25, 0.3) is 5.91 Å². The van der Waals surface area contributed by atoms with Crippen LogP contribution in [0, 0.1) is 6.92 Å². The lowest BCUT2D eigenvalue weighted by atomic mass is 10.2. The highest BCUT2D eigenvalue weighted by Crippen LogP contribution is 2.08. The van der Waals surface area contributed by atoms with E-state index in [1.54, 1.807) is 13.0 Å². The Hall–Kier alpha value is -1.29. The lowest BCUT2D eigenvalue weighted by molar-refractivity contribution is 0.0940. The van der Waals surface area contributed by atoms with Crippen LogP contribution in [0.3, 0.4) is 0 Å². The van der Waals surface area contributed by atoms with Gasteiger partial charge in [0.2, 0.25) is 0 Å². The van der Waals surface area contributed by atoms with Crippen LogP contribution in [-0.2, 0) is 0 Å². The lowest BCUT2D eigenvalue weighted by Gasteiger charge is -2.10. The molecule has 13 heavy (non-hydrogen) atoms. The summed E-state index contributed by atoms with van der Waals surface area (Å²) in [6.07, 6.45) is 1.50. The van der Waals surface area contributed by atoms with Gasteiger partial charge in [0.1, 0.15) is 5.76 Å². The summed E-state index contributed by atoms with van der Waals surface area (Å²) in [5, 5.41) is 2.75. The van der Waals surface area contributed by atoms with Gasteiger partial charge in [-0.25, -0.2) is 0 Å². The predicted molar refractivity (Wildman–Crippen MR) is 49.4 cm³/mol. The number of rotatable bonds is 3. The van der Waals surface area contributed by atoms with Gasteiger partial charge >= 0.3 is 0 Å². The minimum absolute atomic E-state index is 0.0122. The van der Waals surface area contributed by atoms with Crippen LogP contribution in [0.25, 0.3) is 0 Å². The molecule has 4 nitrogen and oxygen atoms in total. The molecule has 1 heterocycles. The highest BCUT2D eigenvalue weighted by Gasteiger charge is 2.12. The Morgan fingerprint density at radius 1 is 1.77 bits per heavy atom. The first-order valence-electron chi connectivity index (χ1n) is 4.20. The van der Waals surface area contributed by atoms with Gasteiger partial charge < -0.3 is 15.5 Å². The molecule has 0 radical (unpaired) electrons. The van der Waals surface area contributed by atoms with Gasteiger partial charge in [0.15, 0.2) is 0 Å². The minimum Gasteiger partial charge on any atom is -0.469 e. The lowest BCUT2D eigenvalue weighted by Crippen LogP contribution is -2.37. The molecule has 1 atom stereocenters. The molecule has 0 saturated heterocycles. The summed E-state index contributed by atoms with van der Waals surface area (Å²) in [7, 11) is 0. The van der Waals surface area contributed by atoms with E-state index in [-0.39, 0.29) is 11.9 Å². The molecular weight excluding hydrogens is 168 g/mol. The van der Waals surface area contributed by atoms with E-state index >= 15 is 0 Å². The molecule has 0 aliphatic rings. The normalized spacial score (nSPS) is 12.5. The molecule has 1 unspecified atom stereocenters.